The smallest absolute Gasteiger partial charge is 0.265 e. The van der Waals surface area contributed by atoms with E-state index in [1.165, 1.54) is 23.4 Å². The van der Waals surface area contributed by atoms with Crippen LogP contribution in [0.2, 0.25) is 0 Å². The lowest BCUT2D eigenvalue weighted by Gasteiger charge is -2.27. The molecule has 1 fully saturated rings. The first kappa shape index (κ1) is 24.7. The number of anilines is 1. The number of nitrogens with zero attached hydrogens (tertiary/aromatic N) is 1. The Hall–Kier alpha value is -2.95. The van der Waals surface area contributed by atoms with Gasteiger partial charge in [-0.2, -0.15) is 4.31 Å². The summed E-state index contributed by atoms with van der Waals surface area (Å²) in [5, 5.41) is 2.70. The van der Waals surface area contributed by atoms with Crippen LogP contribution in [0.3, 0.4) is 0 Å². The molecule has 1 N–H and O–H groups in total. The minimum Gasteiger partial charge on any atom is -0.492 e. The molecule has 1 amide bonds. The predicted octanol–water partition coefficient (Wildman–Crippen LogP) is 2.71. The molecule has 1 aliphatic heterocycles. The van der Waals surface area contributed by atoms with E-state index >= 15 is 0 Å². The lowest BCUT2D eigenvalue weighted by Crippen LogP contribution is -2.40. The minimum atomic E-state index is -3.83. The van der Waals surface area contributed by atoms with Crippen LogP contribution in [-0.4, -0.2) is 63.4 Å². The number of rotatable bonds is 9. The molecule has 1 heterocycles. The van der Waals surface area contributed by atoms with Crippen LogP contribution < -0.4 is 14.8 Å². The molecule has 2 aromatic rings. The first-order chi connectivity index (χ1) is 15.7. The largest absolute Gasteiger partial charge is 0.492 e. The van der Waals surface area contributed by atoms with Gasteiger partial charge in [-0.25, -0.2) is 8.42 Å². The highest BCUT2D eigenvalue weighted by molar-refractivity contribution is 7.89. The average Bonchev–Trinajstić information content (AvgIpc) is 2.81. The molecule has 9 nitrogen and oxygen atoms in total. The van der Waals surface area contributed by atoms with Crippen molar-refractivity contribution in [1.29, 1.82) is 0 Å². The number of carbonyl (C=O) groups excluding carboxylic acids is 2. The van der Waals surface area contributed by atoms with Crippen molar-refractivity contribution in [3.63, 3.8) is 0 Å². The predicted molar refractivity (Wildman–Crippen MR) is 122 cm³/mol. The topological polar surface area (TPSA) is 111 Å². The Kier molecular flexibility index (Phi) is 8.06. The van der Waals surface area contributed by atoms with Crippen molar-refractivity contribution < 1.29 is 32.2 Å². The molecule has 0 radical (unpaired) electrons. The van der Waals surface area contributed by atoms with Gasteiger partial charge in [0.1, 0.15) is 16.4 Å². The molecule has 1 saturated heterocycles. The zero-order chi connectivity index (χ0) is 24.0. The molecule has 0 spiro atoms. The monoisotopic (exact) mass is 476 g/mol. The van der Waals surface area contributed by atoms with E-state index in [-0.39, 0.29) is 29.5 Å². The van der Waals surface area contributed by atoms with Crippen LogP contribution in [0.25, 0.3) is 0 Å². The number of morpholine rings is 1. The molecule has 1 atom stereocenters. The summed E-state index contributed by atoms with van der Waals surface area (Å²) >= 11 is 0. The molecule has 2 aromatic carbocycles. The SMILES string of the molecule is CCOc1ccc(NC(=O)C(C)Oc2ccc(C(C)=O)cc2)cc1S(=O)(=O)N1CCOCC1. The van der Waals surface area contributed by atoms with E-state index in [1.54, 1.807) is 44.2 Å². The Morgan fingerprint density at radius 3 is 2.39 bits per heavy atom. The molecule has 1 unspecified atom stereocenters. The van der Waals surface area contributed by atoms with E-state index in [4.69, 9.17) is 14.2 Å². The highest BCUT2D eigenvalue weighted by atomic mass is 32.2. The standard InChI is InChI=1S/C23H28N2O7S/c1-4-31-21-10-7-19(15-22(21)33(28,29)25-11-13-30-14-12-25)24-23(27)17(3)32-20-8-5-18(6-9-20)16(2)26/h5-10,15,17H,4,11-14H2,1-3H3,(H,24,27). The van der Waals surface area contributed by atoms with Crippen molar-refractivity contribution >= 4 is 27.4 Å². The summed E-state index contributed by atoms with van der Waals surface area (Å²) in [6.07, 6.45) is -0.862. The van der Waals surface area contributed by atoms with Gasteiger partial charge < -0.3 is 19.5 Å². The van der Waals surface area contributed by atoms with Crippen molar-refractivity contribution in [2.24, 2.45) is 0 Å². The Morgan fingerprint density at radius 2 is 1.79 bits per heavy atom. The number of Topliss-reactive ketones (excluding diaryl/α,β-unsaturated/α-hetero) is 1. The Morgan fingerprint density at radius 1 is 1.12 bits per heavy atom. The molecule has 1 aliphatic rings. The van der Waals surface area contributed by atoms with Gasteiger partial charge in [0.05, 0.1) is 19.8 Å². The maximum absolute atomic E-state index is 13.2. The first-order valence-corrected chi connectivity index (χ1v) is 12.1. The van der Waals surface area contributed by atoms with Crippen LogP contribution >= 0.6 is 0 Å². The van der Waals surface area contributed by atoms with Crippen LogP contribution in [0.4, 0.5) is 5.69 Å². The summed E-state index contributed by atoms with van der Waals surface area (Å²) in [5.41, 5.74) is 0.848. The van der Waals surface area contributed by atoms with Gasteiger partial charge in [0.25, 0.3) is 5.91 Å². The lowest BCUT2D eigenvalue weighted by molar-refractivity contribution is -0.122. The number of carbonyl (C=O) groups is 2. The second-order valence-corrected chi connectivity index (χ2v) is 9.35. The molecule has 10 heteroatoms. The zero-order valence-electron chi connectivity index (χ0n) is 18.9. The molecule has 0 aromatic heterocycles. The molecule has 0 aliphatic carbocycles. The van der Waals surface area contributed by atoms with Crippen molar-refractivity contribution in [3.8, 4) is 11.5 Å². The van der Waals surface area contributed by atoms with Crippen molar-refractivity contribution in [2.45, 2.75) is 31.8 Å². The second-order valence-electron chi connectivity index (χ2n) is 7.44. The first-order valence-electron chi connectivity index (χ1n) is 10.7. The van der Waals surface area contributed by atoms with Crippen LogP contribution in [0.5, 0.6) is 11.5 Å². The number of nitrogens with one attached hydrogen (secondary N) is 1. The van der Waals surface area contributed by atoms with Gasteiger partial charge in [0, 0.05) is 24.3 Å². The zero-order valence-corrected chi connectivity index (χ0v) is 19.7. The van der Waals surface area contributed by atoms with E-state index < -0.39 is 22.0 Å². The number of ketones is 1. The summed E-state index contributed by atoms with van der Waals surface area (Å²) < 4.78 is 44.2. The molecule has 33 heavy (non-hydrogen) atoms. The summed E-state index contributed by atoms with van der Waals surface area (Å²) in [6.45, 7) is 6.25. The fourth-order valence-corrected chi connectivity index (χ4v) is 4.82. The summed E-state index contributed by atoms with van der Waals surface area (Å²) in [7, 11) is -3.83. The number of hydrogen-bond acceptors (Lipinski definition) is 7. The third kappa shape index (κ3) is 6.10. The van der Waals surface area contributed by atoms with Gasteiger partial charge >= 0.3 is 0 Å². The van der Waals surface area contributed by atoms with Gasteiger partial charge in [0.15, 0.2) is 11.9 Å². The Bertz CT molecular complexity index is 1090. The van der Waals surface area contributed by atoms with Crippen LogP contribution in [0, 0.1) is 0 Å². The summed E-state index contributed by atoms with van der Waals surface area (Å²) in [5.74, 6) is 0.136. The second kappa shape index (κ2) is 10.8. The number of sulfonamides is 1. The number of amides is 1. The van der Waals surface area contributed by atoms with Crippen molar-refractivity contribution in [1.82, 2.24) is 4.31 Å². The van der Waals surface area contributed by atoms with Crippen molar-refractivity contribution in [2.75, 3.05) is 38.2 Å². The highest BCUT2D eigenvalue weighted by Gasteiger charge is 2.30. The van der Waals surface area contributed by atoms with Crippen LogP contribution in [0.1, 0.15) is 31.1 Å². The molecule has 3 rings (SSSR count). The lowest BCUT2D eigenvalue weighted by atomic mass is 10.1. The molecule has 0 saturated carbocycles. The normalized spacial score (nSPS) is 15.5. The van der Waals surface area contributed by atoms with E-state index in [9.17, 15) is 18.0 Å². The van der Waals surface area contributed by atoms with Gasteiger partial charge in [-0.05, 0) is 63.2 Å². The molecular formula is C23H28N2O7S. The number of hydrogen-bond donors (Lipinski definition) is 1. The third-order valence-electron chi connectivity index (χ3n) is 5.04. The van der Waals surface area contributed by atoms with Gasteiger partial charge in [0.2, 0.25) is 10.0 Å². The molecule has 178 valence electrons. The Labute approximate surface area is 193 Å². The van der Waals surface area contributed by atoms with E-state index in [0.717, 1.165) is 0 Å². The average molecular weight is 477 g/mol. The summed E-state index contributed by atoms with van der Waals surface area (Å²) in [4.78, 5) is 24.0. The Balaban J connectivity index is 1.76. The fourth-order valence-electron chi connectivity index (χ4n) is 3.26. The minimum absolute atomic E-state index is 0.0163. The molecule has 0 bridgehead atoms. The summed E-state index contributed by atoms with van der Waals surface area (Å²) in [6, 6.07) is 11.0. The van der Waals surface area contributed by atoms with E-state index in [2.05, 4.69) is 5.32 Å². The van der Waals surface area contributed by atoms with Gasteiger partial charge in [-0.1, -0.05) is 0 Å². The van der Waals surface area contributed by atoms with Crippen molar-refractivity contribution in [3.05, 3.63) is 48.0 Å². The quantitative estimate of drug-likeness (QED) is 0.554. The number of benzene rings is 2. The molecular weight excluding hydrogens is 448 g/mol. The van der Waals surface area contributed by atoms with Gasteiger partial charge in [-0.3, -0.25) is 9.59 Å². The maximum atomic E-state index is 13.2. The third-order valence-corrected chi connectivity index (χ3v) is 6.96. The van der Waals surface area contributed by atoms with E-state index in [0.29, 0.717) is 36.8 Å². The number of ether oxygens (including phenoxy) is 3. The van der Waals surface area contributed by atoms with Crippen LogP contribution in [-0.2, 0) is 19.6 Å². The van der Waals surface area contributed by atoms with Crippen LogP contribution in [0.15, 0.2) is 47.4 Å². The fraction of sp³-hybridized carbons (Fsp3) is 0.391. The highest BCUT2D eigenvalue weighted by Crippen LogP contribution is 2.30. The van der Waals surface area contributed by atoms with E-state index in [1.807, 2.05) is 0 Å². The maximum Gasteiger partial charge on any atom is 0.265 e. The van der Waals surface area contributed by atoms with Gasteiger partial charge in [-0.15, -0.1) is 0 Å².